The van der Waals surface area contributed by atoms with E-state index < -0.39 is 0 Å². The summed E-state index contributed by atoms with van der Waals surface area (Å²) in [7, 11) is 0. The van der Waals surface area contributed by atoms with Gasteiger partial charge >= 0.3 is 0 Å². The van der Waals surface area contributed by atoms with Crippen LogP contribution in [0.4, 0.5) is 5.82 Å². The van der Waals surface area contributed by atoms with Gasteiger partial charge in [0.1, 0.15) is 11.5 Å². The molecule has 0 saturated heterocycles. The summed E-state index contributed by atoms with van der Waals surface area (Å²) < 4.78 is 2.17. The molecule has 2 heterocycles. The number of fused-ring (bicyclic) bond motifs is 1. The Hall–Kier alpha value is -1.03. The van der Waals surface area contributed by atoms with Gasteiger partial charge in [0.25, 0.3) is 0 Å². The number of halogens is 1. The third-order valence-corrected chi connectivity index (χ3v) is 3.37. The third-order valence-electron chi connectivity index (χ3n) is 3.01. The molecule has 1 fully saturated rings. The van der Waals surface area contributed by atoms with E-state index in [9.17, 15) is 0 Å². The number of nitrogens with zero attached hydrogens (tertiary/aromatic N) is 3. The van der Waals surface area contributed by atoms with Gasteiger partial charge in [-0.1, -0.05) is 22.0 Å². The summed E-state index contributed by atoms with van der Waals surface area (Å²) in [5.74, 6) is 1.26. The molecule has 0 amide bonds. The predicted octanol–water partition coefficient (Wildman–Crippen LogP) is 2.70. The average Bonchev–Trinajstić information content (AvgIpc) is 3.02. The van der Waals surface area contributed by atoms with E-state index >= 15 is 0 Å². The van der Waals surface area contributed by atoms with Crippen LogP contribution in [-0.2, 0) is 0 Å². The molecule has 0 aromatic carbocycles. The van der Waals surface area contributed by atoms with Crippen molar-refractivity contribution < 1.29 is 0 Å². The molecule has 4 heteroatoms. The van der Waals surface area contributed by atoms with Crippen LogP contribution in [0.15, 0.2) is 30.6 Å². The minimum Gasteiger partial charge on any atom is -0.354 e. The monoisotopic (exact) mass is 279 g/mol. The van der Waals surface area contributed by atoms with Crippen molar-refractivity contribution in [1.29, 1.82) is 0 Å². The number of rotatable bonds is 4. The van der Waals surface area contributed by atoms with Gasteiger partial charge in [0.15, 0.2) is 0 Å². The molecule has 0 bridgehead atoms. The van der Waals surface area contributed by atoms with Crippen LogP contribution in [0.25, 0.3) is 5.65 Å². The van der Waals surface area contributed by atoms with Crippen molar-refractivity contribution in [2.75, 3.05) is 16.8 Å². The van der Waals surface area contributed by atoms with E-state index in [4.69, 9.17) is 0 Å². The molecule has 0 aliphatic heterocycles. The molecule has 0 N–H and O–H groups in total. The van der Waals surface area contributed by atoms with E-state index in [1.807, 2.05) is 18.5 Å². The van der Waals surface area contributed by atoms with Gasteiger partial charge in [0.2, 0.25) is 0 Å². The van der Waals surface area contributed by atoms with Crippen LogP contribution in [0.5, 0.6) is 0 Å². The molecular weight excluding hydrogens is 266 g/mol. The minimum atomic E-state index is 0.727. The van der Waals surface area contributed by atoms with E-state index in [1.54, 1.807) is 0 Å². The van der Waals surface area contributed by atoms with Gasteiger partial charge in [0, 0.05) is 30.3 Å². The van der Waals surface area contributed by atoms with Crippen LogP contribution in [0.1, 0.15) is 12.8 Å². The van der Waals surface area contributed by atoms with Gasteiger partial charge < -0.3 is 4.90 Å². The fraction of sp³-hybridized carbons (Fsp3) is 0.417. The summed E-state index contributed by atoms with van der Waals surface area (Å²) in [6.07, 6.45) is 6.53. The lowest BCUT2D eigenvalue weighted by molar-refractivity contribution is 0.806. The lowest BCUT2D eigenvalue weighted by Crippen LogP contribution is -2.29. The quantitative estimate of drug-likeness (QED) is 0.803. The SMILES string of the molecule is BrCCN(c1cccc2nccn12)C1CC1. The Balaban J connectivity index is 2.04. The van der Waals surface area contributed by atoms with E-state index in [0.717, 1.165) is 23.6 Å². The molecule has 0 atom stereocenters. The molecule has 84 valence electrons. The van der Waals surface area contributed by atoms with E-state index in [1.165, 1.54) is 18.7 Å². The maximum atomic E-state index is 4.33. The van der Waals surface area contributed by atoms with Crippen LogP contribution in [0.2, 0.25) is 0 Å². The second-order valence-electron chi connectivity index (χ2n) is 4.15. The topological polar surface area (TPSA) is 20.5 Å². The van der Waals surface area contributed by atoms with Crippen LogP contribution >= 0.6 is 15.9 Å². The van der Waals surface area contributed by atoms with E-state index in [2.05, 4.69) is 42.3 Å². The standard InChI is InChI=1S/C12H14BrN3/c13-6-8-15(10-4-5-10)12-3-1-2-11-14-7-9-16(11)12/h1-3,7,9-10H,4-6,8H2. The second kappa shape index (κ2) is 4.09. The van der Waals surface area contributed by atoms with Gasteiger partial charge in [-0.05, 0) is 25.0 Å². The second-order valence-corrected chi connectivity index (χ2v) is 4.95. The average molecular weight is 280 g/mol. The highest BCUT2D eigenvalue weighted by molar-refractivity contribution is 9.09. The Kier molecular flexibility index (Phi) is 2.59. The molecule has 0 radical (unpaired) electrons. The Morgan fingerprint density at radius 2 is 2.31 bits per heavy atom. The van der Waals surface area contributed by atoms with Crippen molar-refractivity contribution in [2.24, 2.45) is 0 Å². The number of hydrogen-bond acceptors (Lipinski definition) is 2. The molecule has 1 aliphatic carbocycles. The number of hydrogen-bond donors (Lipinski definition) is 0. The first-order valence-electron chi connectivity index (χ1n) is 5.65. The molecule has 1 aliphatic rings. The van der Waals surface area contributed by atoms with Gasteiger partial charge in [-0.15, -0.1) is 0 Å². The summed E-state index contributed by atoms with van der Waals surface area (Å²) in [5.41, 5.74) is 1.03. The highest BCUT2D eigenvalue weighted by atomic mass is 79.9. The summed E-state index contributed by atoms with van der Waals surface area (Å²) >= 11 is 3.53. The molecule has 3 rings (SSSR count). The highest BCUT2D eigenvalue weighted by Crippen LogP contribution is 2.31. The first-order valence-corrected chi connectivity index (χ1v) is 6.77. The normalized spacial score (nSPS) is 15.6. The Labute approximate surface area is 103 Å². The maximum Gasteiger partial charge on any atom is 0.138 e. The van der Waals surface area contributed by atoms with E-state index in [-0.39, 0.29) is 0 Å². The van der Waals surface area contributed by atoms with Crippen LogP contribution in [0, 0.1) is 0 Å². The molecule has 3 nitrogen and oxygen atoms in total. The van der Waals surface area contributed by atoms with Gasteiger partial charge in [0.05, 0.1) is 0 Å². The largest absolute Gasteiger partial charge is 0.354 e. The summed E-state index contributed by atoms with van der Waals surface area (Å²) in [5, 5.41) is 1.01. The Bertz CT molecular complexity index is 490. The zero-order chi connectivity index (χ0) is 11.0. The van der Waals surface area contributed by atoms with E-state index in [0.29, 0.717) is 0 Å². The summed E-state index contributed by atoms with van der Waals surface area (Å²) in [6.45, 7) is 1.06. The fourth-order valence-electron chi connectivity index (χ4n) is 2.13. The Morgan fingerprint density at radius 3 is 3.06 bits per heavy atom. The summed E-state index contributed by atoms with van der Waals surface area (Å²) in [4.78, 5) is 6.80. The molecule has 2 aromatic rings. The Morgan fingerprint density at radius 1 is 1.44 bits per heavy atom. The first-order chi connectivity index (χ1) is 7.90. The molecule has 1 saturated carbocycles. The zero-order valence-corrected chi connectivity index (χ0v) is 10.6. The van der Waals surface area contributed by atoms with Crippen molar-refractivity contribution in [3.63, 3.8) is 0 Å². The van der Waals surface area contributed by atoms with Crippen molar-refractivity contribution in [2.45, 2.75) is 18.9 Å². The van der Waals surface area contributed by atoms with Crippen molar-refractivity contribution in [3.05, 3.63) is 30.6 Å². The number of pyridine rings is 1. The van der Waals surface area contributed by atoms with Gasteiger partial charge in [-0.2, -0.15) is 0 Å². The lowest BCUT2D eigenvalue weighted by atomic mass is 10.4. The fourth-order valence-corrected chi connectivity index (χ4v) is 2.51. The molecule has 0 unspecified atom stereocenters. The predicted molar refractivity (Wildman–Crippen MR) is 69.4 cm³/mol. The number of anilines is 1. The minimum absolute atomic E-state index is 0.727. The van der Waals surface area contributed by atoms with Crippen LogP contribution < -0.4 is 4.90 Å². The smallest absolute Gasteiger partial charge is 0.138 e. The number of aromatic nitrogens is 2. The van der Waals surface area contributed by atoms with Gasteiger partial charge in [-0.25, -0.2) is 4.98 Å². The lowest BCUT2D eigenvalue weighted by Gasteiger charge is -2.24. The van der Waals surface area contributed by atoms with Crippen LogP contribution in [-0.4, -0.2) is 27.3 Å². The van der Waals surface area contributed by atoms with Crippen molar-refractivity contribution in [1.82, 2.24) is 9.38 Å². The molecule has 2 aromatic heterocycles. The zero-order valence-electron chi connectivity index (χ0n) is 9.01. The maximum absolute atomic E-state index is 4.33. The molecular formula is C12H14BrN3. The number of imidazole rings is 1. The van der Waals surface area contributed by atoms with Gasteiger partial charge in [-0.3, -0.25) is 4.40 Å². The first kappa shape index (κ1) is 10.1. The number of alkyl halides is 1. The van der Waals surface area contributed by atoms with Crippen molar-refractivity contribution in [3.8, 4) is 0 Å². The van der Waals surface area contributed by atoms with Crippen molar-refractivity contribution >= 4 is 27.4 Å². The molecule has 16 heavy (non-hydrogen) atoms. The third kappa shape index (κ3) is 1.71. The summed E-state index contributed by atoms with van der Waals surface area (Å²) in [6, 6.07) is 7.03. The highest BCUT2D eigenvalue weighted by Gasteiger charge is 2.29. The van der Waals surface area contributed by atoms with Crippen LogP contribution in [0.3, 0.4) is 0 Å². The molecule has 0 spiro atoms.